The van der Waals surface area contributed by atoms with Crippen molar-refractivity contribution in [2.24, 2.45) is 35.5 Å². The molecule has 0 saturated heterocycles. The molecular formula is C19H42K-3. The van der Waals surface area contributed by atoms with Crippen LogP contribution in [0.3, 0.4) is 0 Å². The third-order valence-electron chi connectivity index (χ3n) is 5.47. The van der Waals surface area contributed by atoms with E-state index in [1.165, 1.54) is 19.3 Å². The van der Waals surface area contributed by atoms with E-state index in [9.17, 15) is 0 Å². The van der Waals surface area contributed by atoms with E-state index < -0.39 is 0 Å². The third kappa shape index (κ3) is 6.81. The maximum Gasteiger partial charge on any atom is 1.00 e. The van der Waals surface area contributed by atoms with E-state index in [2.05, 4.69) is 41.5 Å². The summed E-state index contributed by atoms with van der Waals surface area (Å²) in [6.45, 7) is 14.6. The van der Waals surface area contributed by atoms with Crippen LogP contribution in [-0.2, 0) is 0 Å². The molecule has 0 aromatic rings. The van der Waals surface area contributed by atoms with Gasteiger partial charge in [0.1, 0.15) is 0 Å². The number of hydrogen-bond acceptors (Lipinski definition) is 0. The summed E-state index contributed by atoms with van der Waals surface area (Å²) >= 11 is 0. The molecule has 0 spiro atoms. The molecular weight excluding hydrogens is 267 g/mol. The molecule has 0 aliphatic heterocycles. The Morgan fingerprint density at radius 3 is 0.750 bits per heavy atom. The Hall–Kier alpha value is 1.64. The van der Waals surface area contributed by atoms with Crippen LogP contribution >= 0.6 is 0 Å². The fourth-order valence-corrected chi connectivity index (χ4v) is 4.62. The Kier molecular flexibility index (Phi) is 25.8. The SMILES string of the molecule is CCC1C(C)C(CC)C(C)C(CC)C1C.[CH3-].[CH3-].[CH3-].[CH3-].[K+]. The van der Waals surface area contributed by atoms with Crippen molar-refractivity contribution >= 4 is 0 Å². The molecule has 122 valence electrons. The zero-order valence-corrected chi connectivity index (χ0v) is 19.7. The summed E-state index contributed by atoms with van der Waals surface area (Å²) < 4.78 is 0. The van der Waals surface area contributed by atoms with Gasteiger partial charge < -0.3 is 29.7 Å². The van der Waals surface area contributed by atoms with Crippen molar-refractivity contribution in [2.45, 2.75) is 60.8 Å². The molecule has 0 heterocycles. The van der Waals surface area contributed by atoms with Gasteiger partial charge >= 0.3 is 51.4 Å². The molecule has 0 bridgehead atoms. The van der Waals surface area contributed by atoms with Gasteiger partial charge in [0.05, 0.1) is 0 Å². The molecule has 0 aromatic carbocycles. The molecule has 1 rings (SSSR count). The van der Waals surface area contributed by atoms with Crippen molar-refractivity contribution in [1.82, 2.24) is 0 Å². The summed E-state index contributed by atoms with van der Waals surface area (Å²) in [7, 11) is 0. The van der Waals surface area contributed by atoms with Crippen LogP contribution in [0.4, 0.5) is 0 Å². The topological polar surface area (TPSA) is 0 Å². The molecule has 20 heavy (non-hydrogen) atoms. The van der Waals surface area contributed by atoms with Gasteiger partial charge in [0.2, 0.25) is 0 Å². The van der Waals surface area contributed by atoms with Crippen LogP contribution in [-0.4, -0.2) is 0 Å². The van der Waals surface area contributed by atoms with Gasteiger partial charge in [-0.2, -0.15) is 0 Å². The van der Waals surface area contributed by atoms with Crippen molar-refractivity contribution in [3.8, 4) is 0 Å². The Bertz CT molecular complexity index is 145. The van der Waals surface area contributed by atoms with Crippen LogP contribution in [0.2, 0.25) is 0 Å². The average Bonchev–Trinajstić information content (AvgIpc) is 2.19. The molecule has 1 heteroatoms. The maximum atomic E-state index is 2.50. The molecule has 0 atom stereocenters. The molecule has 1 aliphatic rings. The van der Waals surface area contributed by atoms with E-state index in [1.54, 1.807) is 0 Å². The van der Waals surface area contributed by atoms with Crippen LogP contribution in [0.5, 0.6) is 0 Å². The molecule has 1 aliphatic carbocycles. The van der Waals surface area contributed by atoms with Crippen LogP contribution in [0.25, 0.3) is 0 Å². The van der Waals surface area contributed by atoms with E-state index in [1.807, 2.05) is 0 Å². The van der Waals surface area contributed by atoms with E-state index >= 15 is 0 Å². The summed E-state index contributed by atoms with van der Waals surface area (Å²) in [6.07, 6.45) is 4.13. The zero-order chi connectivity index (χ0) is 11.6. The minimum atomic E-state index is 0. The molecule has 0 nitrogen and oxygen atoms in total. The van der Waals surface area contributed by atoms with Crippen molar-refractivity contribution in [1.29, 1.82) is 0 Å². The standard InChI is InChI=1S/C15H30.4CH3.K/c1-7-13-10(4)14(8-2)12(6)15(9-3)11(13)5;;;;;/h10-15H,7-9H2,1-6H3;4*1H3;/q;4*-1;+1. The van der Waals surface area contributed by atoms with E-state index in [-0.39, 0.29) is 81.1 Å². The normalized spacial score (nSPS) is 35.1. The van der Waals surface area contributed by atoms with E-state index in [0.717, 1.165) is 35.5 Å². The van der Waals surface area contributed by atoms with Crippen LogP contribution < -0.4 is 51.4 Å². The molecule has 0 amide bonds. The summed E-state index contributed by atoms with van der Waals surface area (Å²) in [5, 5.41) is 0. The quantitative estimate of drug-likeness (QED) is 0.549. The Morgan fingerprint density at radius 1 is 0.500 bits per heavy atom. The smallest absolute Gasteiger partial charge is 0.358 e. The van der Waals surface area contributed by atoms with Gasteiger partial charge in [-0.25, -0.2) is 0 Å². The van der Waals surface area contributed by atoms with Gasteiger partial charge in [-0.15, -0.1) is 0 Å². The van der Waals surface area contributed by atoms with Gasteiger partial charge in [-0.05, 0) is 35.5 Å². The summed E-state index contributed by atoms with van der Waals surface area (Å²) in [4.78, 5) is 0. The first-order valence-corrected chi connectivity index (χ1v) is 7.08. The molecule has 1 fully saturated rings. The predicted octanol–water partition coefficient (Wildman–Crippen LogP) is 3.79. The zero-order valence-electron chi connectivity index (χ0n) is 16.6. The largest absolute Gasteiger partial charge is 1.00 e. The fraction of sp³-hybridized carbons (Fsp3) is 0.789. The van der Waals surface area contributed by atoms with Crippen LogP contribution in [0, 0.1) is 65.2 Å². The van der Waals surface area contributed by atoms with E-state index in [0.29, 0.717) is 0 Å². The van der Waals surface area contributed by atoms with Crippen LogP contribution in [0.15, 0.2) is 0 Å². The van der Waals surface area contributed by atoms with Gasteiger partial charge in [-0.1, -0.05) is 60.8 Å². The second-order valence-corrected chi connectivity index (χ2v) is 5.79. The second kappa shape index (κ2) is 15.5. The maximum absolute atomic E-state index is 2.50. The predicted molar refractivity (Wildman–Crippen MR) is 94.5 cm³/mol. The number of rotatable bonds is 3. The van der Waals surface area contributed by atoms with Gasteiger partial charge in [0.15, 0.2) is 0 Å². The molecule has 1 saturated carbocycles. The first kappa shape index (κ1) is 33.3. The Morgan fingerprint density at radius 2 is 0.650 bits per heavy atom. The van der Waals surface area contributed by atoms with Gasteiger partial charge in [0.25, 0.3) is 0 Å². The first-order valence-electron chi connectivity index (χ1n) is 7.08. The van der Waals surface area contributed by atoms with Gasteiger partial charge in [-0.3, -0.25) is 0 Å². The molecule has 0 unspecified atom stereocenters. The fourth-order valence-electron chi connectivity index (χ4n) is 4.62. The van der Waals surface area contributed by atoms with Crippen molar-refractivity contribution in [2.75, 3.05) is 0 Å². The average molecular weight is 310 g/mol. The Balaban J connectivity index is -0.000000150. The minimum Gasteiger partial charge on any atom is -0.358 e. The number of hydrogen-bond donors (Lipinski definition) is 0. The van der Waals surface area contributed by atoms with E-state index in [4.69, 9.17) is 0 Å². The summed E-state index contributed by atoms with van der Waals surface area (Å²) in [5.41, 5.74) is 0. The molecule has 0 radical (unpaired) electrons. The van der Waals surface area contributed by atoms with Crippen LogP contribution in [0.1, 0.15) is 60.8 Å². The van der Waals surface area contributed by atoms with Crippen molar-refractivity contribution in [3.63, 3.8) is 0 Å². The monoisotopic (exact) mass is 309 g/mol. The molecule has 0 N–H and O–H groups in total. The second-order valence-electron chi connectivity index (χ2n) is 5.79. The third-order valence-corrected chi connectivity index (χ3v) is 5.47. The Labute approximate surface area is 175 Å². The first-order chi connectivity index (χ1) is 7.08. The summed E-state index contributed by atoms with van der Waals surface area (Å²) in [6, 6.07) is 0. The minimum absolute atomic E-state index is 0. The van der Waals surface area contributed by atoms with Gasteiger partial charge in [0, 0.05) is 0 Å². The molecule has 0 aromatic heterocycles. The van der Waals surface area contributed by atoms with Crippen molar-refractivity contribution in [3.05, 3.63) is 29.7 Å². The van der Waals surface area contributed by atoms with Crippen molar-refractivity contribution < 1.29 is 51.4 Å². The summed E-state index contributed by atoms with van der Waals surface area (Å²) in [5.74, 6) is 5.72.